The van der Waals surface area contributed by atoms with Crippen molar-refractivity contribution >= 4 is 17.8 Å². The molecule has 4 amide bonds. The summed E-state index contributed by atoms with van der Waals surface area (Å²) in [4.78, 5) is 40.6. The summed E-state index contributed by atoms with van der Waals surface area (Å²) in [5.41, 5.74) is -0.391. The summed E-state index contributed by atoms with van der Waals surface area (Å²) in [5.74, 6) is -1.05. The van der Waals surface area contributed by atoms with Crippen LogP contribution in [0.15, 0.2) is 47.2 Å². The Bertz CT molecular complexity index is 772. The molecule has 0 unspecified atom stereocenters. The maximum atomic E-state index is 13.2. The number of likely N-dealkylation sites (N-methyl/N-ethyl adjacent to an activating group) is 1. The first kappa shape index (κ1) is 15.9. The van der Waals surface area contributed by atoms with Crippen LogP contribution in [0.25, 0.3) is 0 Å². The Labute approximate surface area is 138 Å². The third-order valence-corrected chi connectivity index (χ3v) is 4.41. The van der Waals surface area contributed by atoms with Crippen LogP contribution in [0.3, 0.4) is 0 Å². The van der Waals surface area contributed by atoms with Gasteiger partial charge in [-0.2, -0.15) is 0 Å². The predicted molar refractivity (Wildman–Crippen MR) is 83.6 cm³/mol. The molecule has 2 heterocycles. The Morgan fingerprint density at radius 2 is 1.79 bits per heavy atom. The highest BCUT2D eigenvalue weighted by atomic mass is 16.5. The molecule has 7 heteroatoms. The molecular formula is C17H17N3O4. The summed E-state index contributed by atoms with van der Waals surface area (Å²) < 4.78 is 4.76. The van der Waals surface area contributed by atoms with Crippen LogP contribution in [0.2, 0.25) is 0 Å². The van der Waals surface area contributed by atoms with E-state index in [0.717, 1.165) is 9.80 Å². The van der Waals surface area contributed by atoms with E-state index in [9.17, 15) is 14.4 Å². The number of imide groups is 2. The van der Waals surface area contributed by atoms with Crippen molar-refractivity contribution in [1.82, 2.24) is 15.0 Å². The van der Waals surface area contributed by atoms with Crippen LogP contribution in [0.4, 0.5) is 4.79 Å². The highest BCUT2D eigenvalue weighted by Crippen LogP contribution is 2.36. The van der Waals surface area contributed by atoms with Gasteiger partial charge in [0.2, 0.25) is 0 Å². The molecule has 1 saturated heterocycles. The summed E-state index contributed by atoms with van der Waals surface area (Å²) in [6.45, 7) is 1.72. The van der Waals surface area contributed by atoms with Gasteiger partial charge in [-0.3, -0.25) is 19.4 Å². The highest BCUT2D eigenvalue weighted by molar-refractivity contribution is 6.22. The molecule has 2 aromatic rings. The first-order chi connectivity index (χ1) is 11.5. The second kappa shape index (κ2) is 5.92. The molecule has 0 aliphatic carbocycles. The monoisotopic (exact) mass is 327 g/mol. The molecular weight excluding hydrogens is 310 g/mol. The Balaban J connectivity index is 2.09. The molecule has 1 aromatic heterocycles. The topological polar surface area (TPSA) is 83.7 Å². The number of aromatic nitrogens is 1. The second-order valence-corrected chi connectivity index (χ2v) is 5.65. The lowest BCUT2D eigenvalue weighted by Crippen LogP contribution is -2.65. The first-order valence-corrected chi connectivity index (χ1v) is 7.61. The van der Waals surface area contributed by atoms with Gasteiger partial charge in [0.25, 0.3) is 11.8 Å². The van der Waals surface area contributed by atoms with Crippen LogP contribution in [-0.4, -0.2) is 39.8 Å². The molecule has 24 heavy (non-hydrogen) atoms. The minimum atomic E-state index is -1.41. The molecule has 0 N–H and O–H groups in total. The number of barbiturate groups is 1. The quantitative estimate of drug-likeness (QED) is 0.801. The van der Waals surface area contributed by atoms with Gasteiger partial charge in [-0.15, -0.1) is 0 Å². The molecule has 0 bridgehead atoms. The van der Waals surface area contributed by atoms with Crippen molar-refractivity contribution in [2.75, 3.05) is 7.05 Å². The van der Waals surface area contributed by atoms with Gasteiger partial charge in [0.1, 0.15) is 12.0 Å². The lowest BCUT2D eigenvalue weighted by Gasteiger charge is -2.42. The van der Waals surface area contributed by atoms with Crippen LogP contribution >= 0.6 is 0 Å². The third-order valence-electron chi connectivity index (χ3n) is 4.41. The standard InChI is InChI=1S/C17H17N3O4/c1-3-17(12-7-5-4-6-8-12)14(21)19(2)16(23)20(15(17)22)11-13-9-10-24-18-13/h4-10H,3,11H2,1-2H3/t17-/m0/s1. The summed E-state index contributed by atoms with van der Waals surface area (Å²) in [5, 5.41) is 3.75. The molecule has 1 aliphatic heterocycles. The Kier molecular flexibility index (Phi) is 3.92. The van der Waals surface area contributed by atoms with E-state index in [2.05, 4.69) is 5.16 Å². The molecule has 0 spiro atoms. The van der Waals surface area contributed by atoms with E-state index >= 15 is 0 Å². The van der Waals surface area contributed by atoms with Crippen molar-refractivity contribution in [3.63, 3.8) is 0 Å². The van der Waals surface area contributed by atoms with Gasteiger partial charge in [0, 0.05) is 13.1 Å². The van der Waals surface area contributed by atoms with Crippen LogP contribution in [0.1, 0.15) is 24.6 Å². The first-order valence-electron chi connectivity index (χ1n) is 7.61. The van der Waals surface area contributed by atoms with Gasteiger partial charge < -0.3 is 4.52 Å². The van der Waals surface area contributed by atoms with Crippen LogP contribution in [0, 0.1) is 0 Å². The Morgan fingerprint density at radius 3 is 2.38 bits per heavy atom. The van der Waals surface area contributed by atoms with Gasteiger partial charge >= 0.3 is 6.03 Å². The number of carbonyl (C=O) groups excluding carboxylic acids is 3. The number of rotatable bonds is 4. The normalized spacial score (nSPS) is 21.5. The Hall–Kier alpha value is -2.96. The number of hydrogen-bond donors (Lipinski definition) is 0. The Morgan fingerprint density at radius 1 is 1.08 bits per heavy atom. The third kappa shape index (κ3) is 2.20. The van der Waals surface area contributed by atoms with Crippen LogP contribution in [-0.2, 0) is 21.5 Å². The van der Waals surface area contributed by atoms with Crippen LogP contribution < -0.4 is 0 Å². The van der Waals surface area contributed by atoms with E-state index < -0.39 is 23.3 Å². The lowest BCUT2D eigenvalue weighted by molar-refractivity contribution is -0.152. The molecule has 1 fully saturated rings. The van der Waals surface area contributed by atoms with E-state index in [0.29, 0.717) is 11.3 Å². The average Bonchev–Trinajstić information content (AvgIpc) is 3.12. The minimum Gasteiger partial charge on any atom is -0.364 e. The molecule has 124 valence electrons. The maximum Gasteiger partial charge on any atom is 0.333 e. The van der Waals surface area contributed by atoms with Crippen LogP contribution in [0.5, 0.6) is 0 Å². The summed E-state index contributed by atoms with van der Waals surface area (Å²) in [6, 6.07) is 9.74. The van der Waals surface area contributed by atoms with Gasteiger partial charge in [0.15, 0.2) is 5.41 Å². The van der Waals surface area contributed by atoms with Gasteiger partial charge in [0.05, 0.1) is 6.54 Å². The van der Waals surface area contributed by atoms with Crippen molar-refractivity contribution in [3.8, 4) is 0 Å². The number of nitrogens with zero attached hydrogens (tertiary/aromatic N) is 3. The SMILES string of the molecule is CC[C@]1(c2ccccc2)C(=O)N(C)C(=O)N(Cc2ccon2)C1=O. The zero-order chi connectivity index (χ0) is 17.3. The van der Waals surface area contributed by atoms with Gasteiger partial charge in [-0.1, -0.05) is 42.4 Å². The fraction of sp³-hybridized carbons (Fsp3) is 0.294. The van der Waals surface area contributed by atoms with Crippen molar-refractivity contribution in [3.05, 3.63) is 53.9 Å². The average molecular weight is 327 g/mol. The van der Waals surface area contributed by atoms with E-state index in [-0.39, 0.29) is 13.0 Å². The maximum absolute atomic E-state index is 13.2. The number of hydrogen-bond acceptors (Lipinski definition) is 5. The fourth-order valence-corrected chi connectivity index (χ4v) is 3.06. The molecule has 0 radical (unpaired) electrons. The molecule has 0 saturated carbocycles. The second-order valence-electron chi connectivity index (χ2n) is 5.65. The molecule has 3 rings (SSSR count). The fourth-order valence-electron chi connectivity index (χ4n) is 3.06. The highest BCUT2D eigenvalue weighted by Gasteiger charge is 2.56. The van der Waals surface area contributed by atoms with Gasteiger partial charge in [-0.25, -0.2) is 4.79 Å². The van der Waals surface area contributed by atoms with Crippen molar-refractivity contribution < 1.29 is 18.9 Å². The number of urea groups is 1. The van der Waals surface area contributed by atoms with E-state index in [4.69, 9.17) is 4.52 Å². The van der Waals surface area contributed by atoms with E-state index in [1.165, 1.54) is 13.3 Å². The molecule has 1 aromatic carbocycles. The van der Waals surface area contributed by atoms with E-state index in [1.54, 1.807) is 37.3 Å². The number of amides is 4. The summed E-state index contributed by atoms with van der Waals surface area (Å²) in [7, 11) is 1.39. The molecule has 1 aliphatic rings. The number of benzene rings is 1. The van der Waals surface area contributed by atoms with Crippen molar-refractivity contribution in [2.24, 2.45) is 0 Å². The largest absolute Gasteiger partial charge is 0.364 e. The van der Waals surface area contributed by atoms with Crippen molar-refractivity contribution in [1.29, 1.82) is 0 Å². The van der Waals surface area contributed by atoms with Gasteiger partial charge in [-0.05, 0) is 12.0 Å². The summed E-state index contributed by atoms with van der Waals surface area (Å²) >= 11 is 0. The predicted octanol–water partition coefficient (Wildman–Crippen LogP) is 1.94. The minimum absolute atomic E-state index is 0.0413. The zero-order valence-corrected chi connectivity index (χ0v) is 13.4. The van der Waals surface area contributed by atoms with Crippen molar-refractivity contribution in [2.45, 2.75) is 25.3 Å². The zero-order valence-electron chi connectivity index (χ0n) is 13.4. The van der Waals surface area contributed by atoms with E-state index in [1.807, 2.05) is 6.07 Å². The smallest absolute Gasteiger partial charge is 0.333 e. The molecule has 7 nitrogen and oxygen atoms in total. The molecule has 1 atom stereocenters. The number of carbonyl (C=O) groups is 3. The summed E-state index contributed by atoms with van der Waals surface area (Å²) in [6.07, 6.45) is 1.62. The lowest BCUT2D eigenvalue weighted by atomic mass is 9.74.